The smallest absolute Gasteiger partial charge is 0.407 e. The number of aliphatic hydroxyl groups is 1. The summed E-state index contributed by atoms with van der Waals surface area (Å²) in [6.45, 7) is 18.4. The van der Waals surface area contributed by atoms with E-state index in [1.165, 1.54) is 16.9 Å². The number of benzene rings is 1. The van der Waals surface area contributed by atoms with Gasteiger partial charge in [-0.05, 0) is 88.7 Å². The number of aromatic nitrogens is 3. The molecular formula is C32H49N5O5SSi. The van der Waals surface area contributed by atoms with Crippen molar-refractivity contribution in [1.29, 1.82) is 0 Å². The molecule has 2 aliphatic rings. The Bertz CT molecular complexity index is 1490. The number of anilines is 1. The maximum atomic E-state index is 12.1. The van der Waals surface area contributed by atoms with Gasteiger partial charge < -0.3 is 29.2 Å². The molecule has 5 rings (SSSR count). The first-order valence-electron chi connectivity index (χ1n) is 15.6. The number of carbonyl (C=O) groups is 1. The van der Waals surface area contributed by atoms with Crippen LogP contribution in [0.4, 0.5) is 9.93 Å². The van der Waals surface area contributed by atoms with Gasteiger partial charge in [0, 0.05) is 25.2 Å². The van der Waals surface area contributed by atoms with Crippen molar-refractivity contribution in [3.05, 3.63) is 30.0 Å². The summed E-state index contributed by atoms with van der Waals surface area (Å²) in [6, 6.07) is 6.45. The number of rotatable bonds is 8. The largest absolute Gasteiger partial charge is 0.496 e. The van der Waals surface area contributed by atoms with Crippen molar-refractivity contribution in [2.24, 2.45) is 0 Å². The second-order valence-electron chi connectivity index (χ2n) is 14.9. The molecule has 3 heterocycles. The van der Waals surface area contributed by atoms with E-state index in [4.69, 9.17) is 19.0 Å². The molecule has 0 unspecified atom stereocenters. The zero-order chi connectivity index (χ0) is 32.1. The van der Waals surface area contributed by atoms with Gasteiger partial charge in [0.05, 0.1) is 30.2 Å². The van der Waals surface area contributed by atoms with Crippen LogP contribution < -0.4 is 15.0 Å². The fourth-order valence-corrected chi connectivity index (χ4v) is 8.14. The number of nitrogens with zero attached hydrogens (tertiary/aromatic N) is 4. The van der Waals surface area contributed by atoms with Crippen molar-refractivity contribution in [3.63, 3.8) is 0 Å². The molecule has 1 saturated heterocycles. The third-order valence-electron chi connectivity index (χ3n) is 9.42. The van der Waals surface area contributed by atoms with Gasteiger partial charge in [-0.1, -0.05) is 38.2 Å². The summed E-state index contributed by atoms with van der Waals surface area (Å²) in [7, 11) is -0.263. The van der Waals surface area contributed by atoms with Crippen molar-refractivity contribution < 1.29 is 23.8 Å². The lowest BCUT2D eigenvalue weighted by Gasteiger charge is -2.50. The Morgan fingerprint density at radius 1 is 1.11 bits per heavy atom. The molecule has 0 radical (unpaired) electrons. The molecule has 1 aromatic carbocycles. The van der Waals surface area contributed by atoms with Crippen LogP contribution in [-0.2, 0) is 14.8 Å². The molecule has 0 atom stereocenters. The maximum absolute atomic E-state index is 12.1. The monoisotopic (exact) mass is 643 g/mol. The van der Waals surface area contributed by atoms with Crippen molar-refractivity contribution >= 4 is 35.8 Å². The summed E-state index contributed by atoms with van der Waals surface area (Å²) in [6.07, 6.45) is 5.56. The van der Waals surface area contributed by atoms with Gasteiger partial charge in [-0.25, -0.2) is 14.3 Å². The molecule has 3 aromatic rings. The van der Waals surface area contributed by atoms with Crippen molar-refractivity contribution in [2.45, 2.75) is 109 Å². The highest BCUT2D eigenvalue weighted by atomic mass is 32.1. The van der Waals surface area contributed by atoms with Crippen molar-refractivity contribution in [3.8, 4) is 17.0 Å². The first-order chi connectivity index (χ1) is 20.4. The highest BCUT2D eigenvalue weighted by molar-refractivity contribution is 7.20. The summed E-state index contributed by atoms with van der Waals surface area (Å²) < 4.78 is 20.2. The Labute approximate surface area is 266 Å². The van der Waals surface area contributed by atoms with Crippen LogP contribution in [0.15, 0.2) is 24.4 Å². The van der Waals surface area contributed by atoms with Crippen LogP contribution in [0, 0.1) is 0 Å². The number of hydrogen-bond donors (Lipinski definition) is 2. The topological polar surface area (TPSA) is 110 Å². The van der Waals surface area contributed by atoms with Gasteiger partial charge >= 0.3 is 6.09 Å². The molecule has 2 fully saturated rings. The maximum Gasteiger partial charge on any atom is 0.407 e. The van der Waals surface area contributed by atoms with E-state index in [1.807, 2.05) is 31.5 Å². The zero-order valence-corrected chi connectivity index (χ0v) is 29.6. The van der Waals surface area contributed by atoms with Crippen LogP contribution >= 0.6 is 11.3 Å². The molecule has 0 bridgehead atoms. The second-order valence-corrected chi connectivity index (χ2v) is 20.6. The van der Waals surface area contributed by atoms with Gasteiger partial charge in [-0.2, -0.15) is 0 Å². The van der Waals surface area contributed by atoms with Crippen LogP contribution in [-0.4, -0.2) is 72.1 Å². The minimum atomic E-state index is -1.97. The van der Waals surface area contributed by atoms with Crippen LogP contribution in [0.2, 0.25) is 18.1 Å². The van der Waals surface area contributed by atoms with Gasteiger partial charge in [0.1, 0.15) is 11.4 Å². The normalized spacial score (nSPS) is 18.6. The Morgan fingerprint density at radius 3 is 2.36 bits per heavy atom. The first-order valence-corrected chi connectivity index (χ1v) is 19.3. The zero-order valence-electron chi connectivity index (χ0n) is 27.7. The van der Waals surface area contributed by atoms with Crippen molar-refractivity contribution in [2.75, 3.05) is 31.6 Å². The van der Waals surface area contributed by atoms with Crippen LogP contribution in [0.1, 0.15) is 79.2 Å². The SMILES string of the molecule is COc1cc(C2(O[Si](C)(C)C(C)(C)C)CCC2)ccc1-c1cnc2sc(N3CCC(O)(CNC(=O)OC(C)(C)C)CC3)nn12. The molecule has 44 heavy (non-hydrogen) atoms. The summed E-state index contributed by atoms with van der Waals surface area (Å²) in [5.41, 5.74) is 1.15. The fourth-order valence-electron chi connectivity index (χ4n) is 5.61. The van der Waals surface area contributed by atoms with Gasteiger partial charge in [0.25, 0.3) is 0 Å². The van der Waals surface area contributed by atoms with E-state index in [0.717, 1.165) is 46.4 Å². The Balaban J connectivity index is 1.31. The highest BCUT2D eigenvalue weighted by Crippen LogP contribution is 2.51. The van der Waals surface area contributed by atoms with Crippen LogP contribution in [0.5, 0.6) is 5.75 Å². The predicted molar refractivity (Wildman–Crippen MR) is 177 cm³/mol. The molecule has 242 valence electrons. The average Bonchev–Trinajstić information content (AvgIpc) is 3.49. The lowest BCUT2D eigenvalue weighted by molar-refractivity contribution is -0.0254. The molecule has 1 saturated carbocycles. The van der Waals surface area contributed by atoms with Gasteiger partial charge in [-0.15, -0.1) is 5.10 Å². The molecule has 1 aliphatic heterocycles. The molecule has 2 aromatic heterocycles. The molecular weight excluding hydrogens is 595 g/mol. The predicted octanol–water partition coefficient (Wildman–Crippen LogP) is 6.72. The van der Waals surface area contributed by atoms with Crippen LogP contribution in [0.3, 0.4) is 0 Å². The third kappa shape index (κ3) is 6.63. The number of amides is 1. The Hall–Kier alpha value is -2.67. The number of imidazole rings is 1. The van der Waals surface area contributed by atoms with Gasteiger partial charge in [0.2, 0.25) is 10.1 Å². The van der Waals surface area contributed by atoms with E-state index in [0.29, 0.717) is 25.9 Å². The minimum absolute atomic E-state index is 0.134. The summed E-state index contributed by atoms with van der Waals surface area (Å²) in [5.74, 6) is 0.782. The van der Waals surface area contributed by atoms with E-state index in [9.17, 15) is 9.90 Å². The van der Waals surface area contributed by atoms with E-state index >= 15 is 0 Å². The summed E-state index contributed by atoms with van der Waals surface area (Å²) >= 11 is 1.53. The molecule has 12 heteroatoms. The second kappa shape index (κ2) is 11.6. The van der Waals surface area contributed by atoms with Crippen molar-refractivity contribution in [1.82, 2.24) is 19.9 Å². The number of hydrogen-bond acceptors (Lipinski definition) is 9. The molecule has 1 aliphatic carbocycles. The number of methoxy groups -OCH3 is 1. The first kappa shape index (κ1) is 32.7. The quantitative estimate of drug-likeness (QED) is 0.260. The Kier molecular flexibility index (Phi) is 8.62. The lowest BCUT2D eigenvalue weighted by Crippen LogP contribution is -2.51. The molecule has 0 spiro atoms. The average molecular weight is 644 g/mol. The number of alkyl carbamates (subject to hydrolysis) is 1. The van der Waals surface area contributed by atoms with E-state index in [-0.39, 0.29) is 17.2 Å². The molecule has 2 N–H and O–H groups in total. The number of piperidine rings is 1. The van der Waals surface area contributed by atoms with Gasteiger partial charge in [0.15, 0.2) is 8.32 Å². The summed E-state index contributed by atoms with van der Waals surface area (Å²) in [4.78, 5) is 19.7. The number of carbonyl (C=O) groups excluding carboxylic acids is 1. The number of nitrogens with one attached hydrogen (secondary N) is 1. The summed E-state index contributed by atoms with van der Waals surface area (Å²) in [5, 5.41) is 19.7. The van der Waals surface area contributed by atoms with Gasteiger partial charge in [-0.3, -0.25) is 0 Å². The number of fused-ring (bicyclic) bond motifs is 1. The van der Waals surface area contributed by atoms with E-state index < -0.39 is 25.6 Å². The fraction of sp³-hybridized carbons (Fsp3) is 0.656. The molecule has 10 nitrogen and oxygen atoms in total. The molecule has 1 amide bonds. The van der Waals surface area contributed by atoms with Crippen LogP contribution in [0.25, 0.3) is 16.2 Å². The number of ether oxygens (including phenoxy) is 2. The lowest BCUT2D eigenvalue weighted by atomic mass is 9.75. The van der Waals surface area contributed by atoms with E-state index in [1.54, 1.807) is 7.11 Å². The van der Waals surface area contributed by atoms with E-state index in [2.05, 4.69) is 67.3 Å². The minimum Gasteiger partial charge on any atom is -0.496 e. The Morgan fingerprint density at radius 2 is 1.80 bits per heavy atom. The third-order valence-corrected chi connectivity index (χ3v) is 14.9. The standard InChI is InChI=1S/C32H49N5O5SSi/c1-29(2,3)41-28(38)34-21-31(39)15-17-36(18-16-31)27-35-37-24(20-33-26(37)43-27)23-12-11-22(19-25(23)40-7)32(13-10-14-32)42-44(8,9)30(4,5)6/h11-12,19-20,39H,10,13-18,21H2,1-9H3,(H,34,38). The highest BCUT2D eigenvalue weighted by Gasteiger charge is 2.49.